The number of aliphatic hydroxyl groups excluding tert-OH is 3. The number of benzene rings is 3. The number of oxime groups is 1. The molecule has 6 rings (SSSR count). The Kier molecular flexibility index (Phi) is 15.6. The molecule has 6 atom stereocenters. The lowest BCUT2D eigenvalue weighted by Gasteiger charge is -2.60. The molecule has 1 aliphatic heterocycles. The van der Waals surface area contributed by atoms with Gasteiger partial charge in [0.15, 0.2) is 0 Å². The molecule has 0 radical (unpaired) electrons. The summed E-state index contributed by atoms with van der Waals surface area (Å²) in [6.07, 6.45) is 8.71. The molecule has 320 valence electrons. The van der Waals surface area contributed by atoms with E-state index in [4.69, 9.17) is 23.8 Å². The molecule has 2 aliphatic carbocycles. The summed E-state index contributed by atoms with van der Waals surface area (Å²) in [6, 6.07) is 19.8. The number of fused-ring (bicyclic) bond motifs is 2. The van der Waals surface area contributed by atoms with E-state index in [1.165, 1.54) is 12.7 Å². The first kappa shape index (κ1) is 44.5. The maximum atomic E-state index is 14.9. The normalized spacial score (nSPS) is 23.4. The van der Waals surface area contributed by atoms with Crippen LogP contribution >= 0.6 is 0 Å². The monoisotopic (exact) mass is 821 g/mol. The van der Waals surface area contributed by atoms with Crippen molar-refractivity contribution in [2.75, 3.05) is 53.3 Å². The van der Waals surface area contributed by atoms with Gasteiger partial charge >= 0.3 is 0 Å². The summed E-state index contributed by atoms with van der Waals surface area (Å²) < 4.78 is 26.7. The van der Waals surface area contributed by atoms with Gasteiger partial charge in [0, 0.05) is 43.2 Å². The summed E-state index contributed by atoms with van der Waals surface area (Å²) in [5.74, 6) is -0.437. The Balaban J connectivity index is 1.58. The van der Waals surface area contributed by atoms with Crippen LogP contribution in [0.4, 0.5) is 0 Å². The standard InChI is InChI=1S/C48H59N3O9/c1-5-24-58-48-44(51(20-25-57-26-23-54)47(55)35-15-13-34(31-49)14-16-35)30-42(50-56-4)40-28-36(10-6-8-21-52)39(11-7-9-22-53)45(46(40)48)41-29-38(18-19-43(41)60-48)59-37-17-12-32(2)33(3)27-37/h5,12-19,27-29,36,39,44-46,52-54H,1,6-11,20-26,30H2,2-4H3/t36-,39+,44-,45+,46+,48+/m0/s1. The van der Waals surface area contributed by atoms with Gasteiger partial charge in [-0.1, -0.05) is 36.2 Å². The van der Waals surface area contributed by atoms with Crippen LogP contribution in [0.15, 0.2) is 90.1 Å². The van der Waals surface area contributed by atoms with Crippen molar-refractivity contribution in [3.63, 3.8) is 0 Å². The zero-order chi connectivity index (χ0) is 42.6. The lowest BCUT2D eigenvalue weighted by molar-refractivity contribution is -0.254. The van der Waals surface area contributed by atoms with E-state index < -0.39 is 17.7 Å². The van der Waals surface area contributed by atoms with E-state index in [2.05, 4.69) is 43.8 Å². The maximum absolute atomic E-state index is 14.9. The molecule has 0 spiro atoms. The molecule has 0 bridgehead atoms. The third-order valence-electron chi connectivity index (χ3n) is 12.2. The number of ether oxygens (including phenoxy) is 4. The van der Waals surface area contributed by atoms with Crippen molar-refractivity contribution in [1.29, 1.82) is 5.26 Å². The number of aryl methyl sites for hydroxylation is 2. The second-order valence-corrected chi connectivity index (χ2v) is 15.8. The average molecular weight is 822 g/mol. The number of allylic oxidation sites excluding steroid dienone is 1. The van der Waals surface area contributed by atoms with Gasteiger partial charge in [0.1, 0.15) is 30.4 Å². The third kappa shape index (κ3) is 9.62. The van der Waals surface area contributed by atoms with Gasteiger partial charge in [-0.3, -0.25) is 4.79 Å². The zero-order valence-corrected chi connectivity index (χ0v) is 35.1. The van der Waals surface area contributed by atoms with Gasteiger partial charge in [-0.15, -0.1) is 6.58 Å². The molecule has 12 heteroatoms. The minimum atomic E-state index is -1.47. The van der Waals surface area contributed by atoms with Crippen molar-refractivity contribution in [2.24, 2.45) is 22.9 Å². The maximum Gasteiger partial charge on any atom is 0.254 e. The molecule has 3 aliphatic rings. The highest BCUT2D eigenvalue weighted by Crippen LogP contribution is 2.62. The molecule has 1 fully saturated rings. The fraction of sp³-hybridized carbons (Fsp3) is 0.479. The number of carbonyl (C=O) groups excluding carboxylic acids is 1. The van der Waals surface area contributed by atoms with Crippen LogP contribution < -0.4 is 9.47 Å². The molecule has 60 heavy (non-hydrogen) atoms. The fourth-order valence-electron chi connectivity index (χ4n) is 9.32. The average Bonchev–Trinajstić information content (AvgIpc) is 3.26. The zero-order valence-electron chi connectivity index (χ0n) is 35.1. The van der Waals surface area contributed by atoms with E-state index >= 15 is 0 Å². The molecule has 3 aromatic rings. The number of nitriles is 1. The lowest BCUT2D eigenvalue weighted by atomic mass is 9.55. The molecule has 0 unspecified atom stereocenters. The largest absolute Gasteiger partial charge is 0.459 e. The Hall–Kier alpha value is -5.03. The second-order valence-electron chi connectivity index (χ2n) is 15.8. The van der Waals surface area contributed by atoms with Gasteiger partial charge in [0.2, 0.25) is 5.79 Å². The van der Waals surface area contributed by atoms with E-state index in [0.29, 0.717) is 41.2 Å². The van der Waals surface area contributed by atoms with Crippen LogP contribution in [0.1, 0.15) is 83.5 Å². The number of unbranched alkanes of at least 4 members (excludes halogenated alkanes) is 2. The molecule has 3 N–H and O–H groups in total. The molecule has 1 amide bonds. The van der Waals surface area contributed by atoms with Crippen molar-refractivity contribution in [2.45, 2.75) is 76.5 Å². The number of hydrogen-bond acceptors (Lipinski definition) is 11. The highest BCUT2D eigenvalue weighted by Gasteiger charge is 2.65. The van der Waals surface area contributed by atoms with Crippen LogP contribution in [0.3, 0.4) is 0 Å². The van der Waals surface area contributed by atoms with Gasteiger partial charge in [0.05, 0.1) is 49.7 Å². The summed E-state index contributed by atoms with van der Waals surface area (Å²) in [6.45, 7) is 8.60. The van der Waals surface area contributed by atoms with Crippen LogP contribution in [0, 0.1) is 42.9 Å². The smallest absolute Gasteiger partial charge is 0.254 e. The number of rotatable bonds is 21. The molecule has 1 heterocycles. The highest BCUT2D eigenvalue weighted by atomic mass is 16.7. The SMILES string of the molecule is C=CCO[C@@]12Oc3ccc(Oc4ccc(C)c(C)c4)cc3[C@H]3[C@H](CCCCO)[C@@H](CCCCO)C=C(C(=NOC)C[C@@H]1N(CCOCCO)C(=O)c1ccc(C#N)cc1)[C@H]32. The first-order valence-corrected chi connectivity index (χ1v) is 21.1. The Labute approximate surface area is 353 Å². The molecule has 12 nitrogen and oxygen atoms in total. The van der Waals surface area contributed by atoms with E-state index in [9.17, 15) is 25.4 Å². The minimum Gasteiger partial charge on any atom is -0.459 e. The molecule has 0 aromatic heterocycles. The van der Waals surface area contributed by atoms with Gasteiger partial charge in [-0.25, -0.2) is 0 Å². The minimum absolute atomic E-state index is 0.0355. The predicted molar refractivity (Wildman–Crippen MR) is 228 cm³/mol. The summed E-state index contributed by atoms with van der Waals surface area (Å²) in [5, 5.41) is 43.5. The summed E-state index contributed by atoms with van der Waals surface area (Å²) in [7, 11) is 1.51. The molecule has 1 saturated carbocycles. The van der Waals surface area contributed by atoms with Crippen molar-refractivity contribution < 1.29 is 43.9 Å². The van der Waals surface area contributed by atoms with Crippen LogP contribution in [-0.2, 0) is 14.3 Å². The summed E-state index contributed by atoms with van der Waals surface area (Å²) in [5.41, 5.74) is 5.62. The highest BCUT2D eigenvalue weighted by molar-refractivity contribution is 6.03. The predicted octanol–water partition coefficient (Wildman–Crippen LogP) is 7.38. The number of nitrogens with zero attached hydrogens (tertiary/aromatic N) is 3. The van der Waals surface area contributed by atoms with E-state index in [1.54, 1.807) is 35.2 Å². The molecular weight excluding hydrogens is 763 g/mol. The summed E-state index contributed by atoms with van der Waals surface area (Å²) in [4.78, 5) is 22.2. The first-order chi connectivity index (χ1) is 29.2. The third-order valence-corrected chi connectivity index (χ3v) is 12.2. The van der Waals surface area contributed by atoms with Gasteiger partial charge in [-0.2, -0.15) is 5.26 Å². The van der Waals surface area contributed by atoms with Crippen LogP contribution in [0.5, 0.6) is 17.2 Å². The van der Waals surface area contributed by atoms with Gasteiger partial charge < -0.3 is 44.0 Å². The molecular formula is C48H59N3O9. The van der Waals surface area contributed by atoms with Crippen molar-refractivity contribution >= 4 is 11.6 Å². The Morgan fingerprint density at radius 3 is 2.38 bits per heavy atom. The topological polar surface area (TPSA) is 163 Å². The van der Waals surface area contributed by atoms with Gasteiger partial charge in [-0.05, 0) is 123 Å². The molecule has 0 saturated heterocycles. The van der Waals surface area contributed by atoms with Crippen LogP contribution in [0.25, 0.3) is 0 Å². The van der Waals surface area contributed by atoms with Crippen molar-refractivity contribution in [3.8, 4) is 23.3 Å². The van der Waals surface area contributed by atoms with E-state index in [-0.39, 0.29) is 76.3 Å². The van der Waals surface area contributed by atoms with Crippen LogP contribution in [0.2, 0.25) is 0 Å². The molecule has 3 aromatic carbocycles. The Morgan fingerprint density at radius 2 is 1.70 bits per heavy atom. The Bertz CT molecular complexity index is 2040. The quantitative estimate of drug-likeness (QED) is 0.0562. The van der Waals surface area contributed by atoms with Crippen LogP contribution in [-0.4, -0.2) is 97.0 Å². The van der Waals surface area contributed by atoms with Crippen molar-refractivity contribution in [3.05, 3.63) is 113 Å². The van der Waals surface area contributed by atoms with E-state index in [0.717, 1.165) is 48.1 Å². The number of carbonyl (C=O) groups is 1. The first-order valence-electron chi connectivity index (χ1n) is 21.1. The van der Waals surface area contributed by atoms with E-state index in [1.807, 2.05) is 30.3 Å². The Morgan fingerprint density at radius 1 is 0.967 bits per heavy atom. The number of hydrogen-bond donors (Lipinski definition) is 3. The second kappa shape index (κ2) is 21.0. The van der Waals surface area contributed by atoms with Crippen molar-refractivity contribution in [1.82, 2.24) is 4.90 Å². The summed E-state index contributed by atoms with van der Waals surface area (Å²) >= 11 is 0. The number of aliphatic hydroxyl groups is 3. The number of amides is 1. The van der Waals surface area contributed by atoms with Gasteiger partial charge in [0.25, 0.3) is 5.91 Å². The fourth-order valence-corrected chi connectivity index (χ4v) is 9.32. The lowest BCUT2D eigenvalue weighted by Crippen LogP contribution is -2.70.